The van der Waals surface area contributed by atoms with Crippen molar-refractivity contribution in [1.29, 1.82) is 0 Å². The molecule has 0 atom stereocenters. The first kappa shape index (κ1) is 14.5. The molecule has 0 fully saturated rings. The summed E-state index contributed by atoms with van der Waals surface area (Å²) >= 11 is 0. The minimum absolute atomic E-state index is 0.447. The largest absolute Gasteiger partial charge is 0.469 e. The molecule has 1 N–H and O–H groups in total. The van der Waals surface area contributed by atoms with Gasteiger partial charge in [0.05, 0.1) is 12.0 Å². The lowest BCUT2D eigenvalue weighted by atomic mass is 10.2. The van der Waals surface area contributed by atoms with Crippen molar-refractivity contribution in [3.8, 4) is 0 Å². The Morgan fingerprint density at radius 1 is 1.25 bits per heavy atom. The van der Waals surface area contributed by atoms with E-state index >= 15 is 0 Å². The number of nitrogens with one attached hydrogen (secondary N) is 1. The molecule has 0 saturated heterocycles. The number of hydrogen-bond acceptors (Lipinski definition) is 5. The third-order valence-corrected chi connectivity index (χ3v) is 3.16. The van der Waals surface area contributed by atoms with Crippen molar-refractivity contribution in [2.45, 2.75) is 39.9 Å². The molecule has 0 aliphatic carbocycles. The van der Waals surface area contributed by atoms with E-state index < -0.39 is 0 Å². The Labute approximate surface area is 120 Å². The van der Waals surface area contributed by atoms with E-state index in [-0.39, 0.29) is 0 Å². The average Bonchev–Trinajstić information content (AvgIpc) is 2.82. The van der Waals surface area contributed by atoms with E-state index in [0.717, 1.165) is 30.4 Å². The van der Waals surface area contributed by atoms with Crippen molar-refractivity contribution in [3.63, 3.8) is 0 Å². The summed E-state index contributed by atoms with van der Waals surface area (Å²) in [5.41, 5.74) is 2.12. The standard InChI is InChI=1S/C15H22N4O/c1-11(2)16-9-14-5-6-15(18-17-14)19(4)10-13-7-8-20-12(13)3/h5-8,11,16H,9-10H2,1-4H3. The topological polar surface area (TPSA) is 54.2 Å². The van der Waals surface area contributed by atoms with Gasteiger partial charge in [0.15, 0.2) is 5.82 Å². The second-order valence-corrected chi connectivity index (χ2v) is 5.28. The van der Waals surface area contributed by atoms with E-state index in [9.17, 15) is 0 Å². The van der Waals surface area contributed by atoms with Crippen LogP contribution >= 0.6 is 0 Å². The molecular weight excluding hydrogens is 252 g/mol. The summed E-state index contributed by atoms with van der Waals surface area (Å²) in [7, 11) is 2.00. The molecule has 0 bridgehead atoms. The highest BCUT2D eigenvalue weighted by Gasteiger charge is 2.08. The van der Waals surface area contributed by atoms with Crippen LogP contribution in [0, 0.1) is 6.92 Å². The van der Waals surface area contributed by atoms with Crippen LogP contribution in [-0.2, 0) is 13.1 Å². The van der Waals surface area contributed by atoms with Crippen molar-refractivity contribution >= 4 is 5.82 Å². The van der Waals surface area contributed by atoms with Gasteiger partial charge in [-0.3, -0.25) is 0 Å². The molecule has 0 spiro atoms. The number of nitrogens with zero attached hydrogens (tertiary/aromatic N) is 3. The van der Waals surface area contributed by atoms with Crippen molar-refractivity contribution < 1.29 is 4.42 Å². The van der Waals surface area contributed by atoms with Gasteiger partial charge in [-0.1, -0.05) is 13.8 Å². The number of hydrogen-bond donors (Lipinski definition) is 1. The van der Waals surface area contributed by atoms with E-state index in [4.69, 9.17) is 4.42 Å². The quantitative estimate of drug-likeness (QED) is 0.877. The average molecular weight is 274 g/mol. The predicted molar refractivity (Wildman–Crippen MR) is 79.6 cm³/mol. The number of rotatable bonds is 6. The Morgan fingerprint density at radius 3 is 2.60 bits per heavy atom. The monoisotopic (exact) mass is 274 g/mol. The second kappa shape index (κ2) is 6.52. The predicted octanol–water partition coefficient (Wildman–Crippen LogP) is 2.51. The number of aryl methyl sites for hydroxylation is 1. The lowest BCUT2D eigenvalue weighted by molar-refractivity contribution is 0.529. The maximum absolute atomic E-state index is 5.30. The Hall–Kier alpha value is -1.88. The smallest absolute Gasteiger partial charge is 0.151 e. The molecule has 0 aliphatic rings. The highest BCUT2D eigenvalue weighted by molar-refractivity contribution is 5.37. The Kier molecular flexibility index (Phi) is 4.74. The maximum atomic E-state index is 5.30. The summed E-state index contributed by atoms with van der Waals surface area (Å²) in [6.07, 6.45) is 1.71. The van der Waals surface area contributed by atoms with Gasteiger partial charge in [-0.2, -0.15) is 5.10 Å². The zero-order chi connectivity index (χ0) is 14.5. The second-order valence-electron chi connectivity index (χ2n) is 5.28. The van der Waals surface area contributed by atoms with E-state index in [1.165, 1.54) is 5.56 Å². The number of furan rings is 1. The van der Waals surface area contributed by atoms with Gasteiger partial charge < -0.3 is 14.6 Å². The SMILES string of the molecule is Cc1occc1CN(C)c1ccc(CNC(C)C)nn1. The molecule has 0 radical (unpaired) electrons. The van der Waals surface area contributed by atoms with Crippen LogP contribution in [0.25, 0.3) is 0 Å². The normalized spacial score (nSPS) is 11.1. The van der Waals surface area contributed by atoms with E-state index in [1.54, 1.807) is 6.26 Å². The van der Waals surface area contributed by atoms with Crippen LogP contribution in [0.1, 0.15) is 30.9 Å². The van der Waals surface area contributed by atoms with Crippen LogP contribution in [0.15, 0.2) is 28.9 Å². The fourth-order valence-electron chi connectivity index (χ4n) is 1.87. The van der Waals surface area contributed by atoms with Gasteiger partial charge in [-0.15, -0.1) is 5.10 Å². The Balaban J connectivity index is 1.97. The molecule has 5 heteroatoms. The molecule has 2 rings (SSSR count). The molecule has 0 saturated carbocycles. The van der Waals surface area contributed by atoms with E-state index in [1.807, 2.05) is 32.2 Å². The summed E-state index contributed by atoms with van der Waals surface area (Å²) in [5.74, 6) is 1.81. The van der Waals surface area contributed by atoms with Crippen LogP contribution < -0.4 is 10.2 Å². The maximum Gasteiger partial charge on any atom is 0.151 e. The third-order valence-electron chi connectivity index (χ3n) is 3.16. The summed E-state index contributed by atoms with van der Waals surface area (Å²) in [6.45, 7) is 7.71. The van der Waals surface area contributed by atoms with Crippen molar-refractivity contribution in [2.75, 3.05) is 11.9 Å². The summed E-state index contributed by atoms with van der Waals surface area (Å²) in [6, 6.07) is 6.44. The van der Waals surface area contributed by atoms with Gasteiger partial charge in [-0.25, -0.2) is 0 Å². The van der Waals surface area contributed by atoms with Crippen molar-refractivity contribution in [3.05, 3.63) is 41.5 Å². The van der Waals surface area contributed by atoms with Gasteiger partial charge in [0, 0.05) is 31.7 Å². The molecular formula is C15H22N4O. The van der Waals surface area contributed by atoms with Gasteiger partial charge in [0.25, 0.3) is 0 Å². The highest BCUT2D eigenvalue weighted by atomic mass is 16.3. The van der Waals surface area contributed by atoms with Crippen LogP contribution in [0.2, 0.25) is 0 Å². The van der Waals surface area contributed by atoms with Gasteiger partial charge in [0.1, 0.15) is 5.76 Å². The zero-order valence-corrected chi connectivity index (χ0v) is 12.6. The Morgan fingerprint density at radius 2 is 2.05 bits per heavy atom. The molecule has 0 unspecified atom stereocenters. The molecule has 20 heavy (non-hydrogen) atoms. The third kappa shape index (κ3) is 3.81. The first-order valence-electron chi connectivity index (χ1n) is 6.86. The lowest BCUT2D eigenvalue weighted by Gasteiger charge is -2.17. The molecule has 0 aromatic carbocycles. The fraction of sp³-hybridized carbons (Fsp3) is 0.467. The zero-order valence-electron chi connectivity index (χ0n) is 12.6. The Bertz CT molecular complexity index is 533. The van der Waals surface area contributed by atoms with Crippen LogP contribution in [0.5, 0.6) is 0 Å². The molecule has 2 aromatic rings. The van der Waals surface area contributed by atoms with Crippen LogP contribution in [0.4, 0.5) is 5.82 Å². The van der Waals surface area contributed by atoms with Crippen molar-refractivity contribution in [2.24, 2.45) is 0 Å². The molecule has 5 nitrogen and oxygen atoms in total. The molecule has 2 heterocycles. The highest BCUT2D eigenvalue weighted by Crippen LogP contribution is 2.15. The summed E-state index contributed by atoms with van der Waals surface area (Å²) in [4.78, 5) is 2.06. The first-order valence-corrected chi connectivity index (χ1v) is 6.86. The lowest BCUT2D eigenvalue weighted by Crippen LogP contribution is -2.23. The summed E-state index contributed by atoms with van der Waals surface area (Å²) in [5, 5.41) is 11.8. The van der Waals surface area contributed by atoms with Crippen LogP contribution in [-0.4, -0.2) is 23.3 Å². The molecule has 0 aliphatic heterocycles. The van der Waals surface area contributed by atoms with Gasteiger partial charge in [-0.05, 0) is 25.1 Å². The summed E-state index contributed by atoms with van der Waals surface area (Å²) < 4.78 is 5.30. The van der Waals surface area contributed by atoms with Crippen molar-refractivity contribution in [1.82, 2.24) is 15.5 Å². The van der Waals surface area contributed by atoms with E-state index in [2.05, 4.69) is 34.3 Å². The molecule has 108 valence electrons. The van der Waals surface area contributed by atoms with Gasteiger partial charge in [0.2, 0.25) is 0 Å². The number of anilines is 1. The molecule has 0 amide bonds. The first-order chi connectivity index (χ1) is 9.56. The minimum atomic E-state index is 0.447. The van der Waals surface area contributed by atoms with Gasteiger partial charge >= 0.3 is 0 Å². The van der Waals surface area contributed by atoms with Crippen LogP contribution in [0.3, 0.4) is 0 Å². The number of aromatic nitrogens is 2. The fourth-order valence-corrected chi connectivity index (χ4v) is 1.87. The minimum Gasteiger partial charge on any atom is -0.469 e. The molecule has 2 aromatic heterocycles. The van der Waals surface area contributed by atoms with E-state index in [0.29, 0.717) is 6.04 Å².